The quantitative estimate of drug-likeness (QED) is 0.508. The van der Waals surface area contributed by atoms with Crippen molar-refractivity contribution in [2.24, 2.45) is 0 Å². The number of nitrogens with zero attached hydrogens (tertiary/aromatic N) is 1. The summed E-state index contributed by atoms with van der Waals surface area (Å²) in [7, 11) is -5.12. The lowest BCUT2D eigenvalue weighted by atomic mass is 10.1. The molecule has 1 atom stereocenters. The molecule has 8 heteroatoms. The lowest BCUT2D eigenvalue weighted by molar-refractivity contribution is 0.590. The molecule has 162 valence electrons. The molecule has 1 N–H and O–H groups in total. The zero-order valence-corrected chi connectivity index (χ0v) is 18.8. The monoisotopic (exact) mass is 458 g/mol. The molecule has 2 aromatic carbocycles. The van der Waals surface area contributed by atoms with Gasteiger partial charge in [-0.05, 0) is 55.3 Å². The van der Waals surface area contributed by atoms with E-state index in [0.29, 0.717) is 5.56 Å². The maximum atomic E-state index is 13.1. The van der Waals surface area contributed by atoms with Crippen LogP contribution in [0.2, 0.25) is 0 Å². The number of pyridine rings is 1. The van der Waals surface area contributed by atoms with Gasteiger partial charge in [0.15, 0.2) is 5.03 Å². The van der Waals surface area contributed by atoms with Crippen LogP contribution < -0.4 is 4.72 Å². The first-order valence-electron chi connectivity index (χ1n) is 9.64. The molecule has 0 saturated heterocycles. The zero-order valence-electron chi connectivity index (χ0n) is 17.2. The third-order valence-electron chi connectivity index (χ3n) is 4.47. The fourth-order valence-corrected chi connectivity index (χ4v) is 4.79. The Morgan fingerprint density at radius 3 is 2.16 bits per heavy atom. The summed E-state index contributed by atoms with van der Waals surface area (Å²) in [5, 5.41) is -0.148. The first-order chi connectivity index (χ1) is 14.8. The van der Waals surface area contributed by atoms with Gasteiger partial charge in [0.1, 0.15) is 5.82 Å². The van der Waals surface area contributed by atoms with E-state index in [1.807, 2.05) is 26.0 Å². The van der Waals surface area contributed by atoms with Gasteiger partial charge in [0.05, 0.1) is 15.9 Å². The Kier molecular flexibility index (Phi) is 7.48. The maximum Gasteiger partial charge on any atom is 0.224 e. The minimum Gasteiger partial charge on any atom is -0.244 e. The molecule has 0 amide bonds. The fraction of sp³-hybridized carbons (Fsp3) is 0.174. The number of hydrogen-bond donors (Lipinski definition) is 1. The third kappa shape index (κ3) is 5.94. The predicted octanol–water partition coefficient (Wildman–Crippen LogP) is 4.39. The van der Waals surface area contributed by atoms with E-state index in [1.165, 1.54) is 30.5 Å². The number of benzene rings is 2. The number of aromatic nitrogens is 1. The van der Waals surface area contributed by atoms with Gasteiger partial charge >= 0.3 is 0 Å². The van der Waals surface area contributed by atoms with Gasteiger partial charge in [0.2, 0.25) is 9.84 Å². The van der Waals surface area contributed by atoms with Crippen molar-refractivity contribution in [2.45, 2.75) is 35.6 Å². The van der Waals surface area contributed by atoms with Crippen molar-refractivity contribution < 1.29 is 17.0 Å². The molecule has 0 aliphatic carbocycles. The molecular formula is C23H23FN2O3S2. The minimum atomic E-state index is -3.84. The molecule has 1 heterocycles. The third-order valence-corrected chi connectivity index (χ3v) is 7.52. The Balaban J connectivity index is 1.81. The SMILES string of the molecule is CC(C)S(=O)NCc1cccnc1S(=O)(=O)c1ccc(C=Cc2ccc(F)cc2)cc1. The van der Waals surface area contributed by atoms with E-state index in [1.54, 1.807) is 36.4 Å². The van der Waals surface area contributed by atoms with Gasteiger partial charge in [-0.25, -0.2) is 26.7 Å². The minimum absolute atomic E-state index is 0.0575. The Morgan fingerprint density at radius 1 is 1.00 bits per heavy atom. The maximum absolute atomic E-state index is 13.1. The first kappa shape index (κ1) is 23.0. The Bertz CT molecular complexity index is 1190. The van der Waals surface area contributed by atoms with E-state index in [0.717, 1.165) is 11.1 Å². The zero-order chi connectivity index (χ0) is 22.4. The molecule has 0 spiro atoms. The summed E-state index contributed by atoms with van der Waals surface area (Å²) in [5.74, 6) is -0.300. The molecule has 0 bridgehead atoms. The van der Waals surface area contributed by atoms with Gasteiger partial charge in [0, 0.05) is 23.6 Å². The van der Waals surface area contributed by atoms with Gasteiger partial charge in [0.25, 0.3) is 0 Å². The average Bonchev–Trinajstić information content (AvgIpc) is 2.77. The molecule has 0 fully saturated rings. The van der Waals surface area contributed by atoms with Crippen molar-refractivity contribution in [3.8, 4) is 0 Å². The molecule has 1 unspecified atom stereocenters. The lowest BCUT2D eigenvalue weighted by Crippen LogP contribution is -2.24. The van der Waals surface area contributed by atoms with Crippen molar-refractivity contribution in [1.29, 1.82) is 0 Å². The van der Waals surface area contributed by atoms with E-state index in [2.05, 4.69) is 9.71 Å². The van der Waals surface area contributed by atoms with Crippen molar-refractivity contribution in [3.63, 3.8) is 0 Å². The van der Waals surface area contributed by atoms with Crippen LogP contribution in [-0.2, 0) is 27.4 Å². The highest BCUT2D eigenvalue weighted by molar-refractivity contribution is 7.91. The largest absolute Gasteiger partial charge is 0.244 e. The molecule has 1 aromatic heterocycles. The summed E-state index contributed by atoms with van der Waals surface area (Å²) in [4.78, 5) is 4.21. The lowest BCUT2D eigenvalue weighted by Gasteiger charge is -2.11. The van der Waals surface area contributed by atoms with Crippen LogP contribution >= 0.6 is 0 Å². The van der Waals surface area contributed by atoms with Crippen molar-refractivity contribution in [3.05, 3.63) is 89.4 Å². The second-order valence-corrected chi connectivity index (χ2v) is 10.8. The van der Waals surface area contributed by atoms with E-state index in [9.17, 15) is 17.0 Å². The number of sulfone groups is 1. The Morgan fingerprint density at radius 2 is 1.58 bits per heavy atom. The standard InChI is InChI=1S/C23H23FN2O3S2/c1-17(2)30(27)26-16-20-4-3-15-25-23(20)31(28,29)22-13-9-19(10-14-22)6-5-18-7-11-21(24)12-8-18/h3-15,17,26H,16H2,1-2H3. The van der Waals surface area contributed by atoms with E-state index < -0.39 is 20.8 Å². The summed E-state index contributed by atoms with van der Waals surface area (Å²) in [6, 6.07) is 15.8. The Hall–Kier alpha value is -2.68. The summed E-state index contributed by atoms with van der Waals surface area (Å²) < 4.78 is 54.1. The number of halogens is 1. The smallest absolute Gasteiger partial charge is 0.224 e. The van der Waals surface area contributed by atoms with Crippen LogP contribution in [0.4, 0.5) is 4.39 Å². The van der Waals surface area contributed by atoms with E-state index >= 15 is 0 Å². The highest BCUT2D eigenvalue weighted by atomic mass is 32.2. The number of nitrogens with one attached hydrogen (secondary N) is 1. The summed E-state index contributed by atoms with van der Waals surface area (Å²) in [6.45, 7) is 3.76. The topological polar surface area (TPSA) is 76.1 Å². The molecule has 0 aliphatic rings. The highest BCUT2D eigenvalue weighted by Gasteiger charge is 2.23. The van der Waals surface area contributed by atoms with Crippen LogP contribution in [0.25, 0.3) is 12.2 Å². The predicted molar refractivity (Wildman–Crippen MR) is 122 cm³/mol. The van der Waals surface area contributed by atoms with Gasteiger partial charge in [-0.1, -0.05) is 42.5 Å². The Labute approximate surface area is 184 Å². The van der Waals surface area contributed by atoms with Gasteiger partial charge in [-0.2, -0.15) is 0 Å². The first-order valence-corrected chi connectivity index (χ1v) is 12.3. The second kappa shape index (κ2) is 10.1. The number of rotatable bonds is 8. The van der Waals surface area contributed by atoms with Crippen LogP contribution in [0.3, 0.4) is 0 Å². The summed E-state index contributed by atoms with van der Waals surface area (Å²) in [5.41, 5.74) is 2.10. The molecule has 3 aromatic rings. The van der Waals surface area contributed by atoms with Gasteiger partial charge in [-0.3, -0.25) is 0 Å². The molecule has 3 rings (SSSR count). The summed E-state index contributed by atoms with van der Waals surface area (Å²) >= 11 is 0. The van der Waals surface area contributed by atoms with Crippen LogP contribution in [0.1, 0.15) is 30.5 Å². The van der Waals surface area contributed by atoms with Crippen LogP contribution in [-0.4, -0.2) is 22.9 Å². The van der Waals surface area contributed by atoms with Crippen molar-refractivity contribution in [2.75, 3.05) is 0 Å². The highest BCUT2D eigenvalue weighted by Crippen LogP contribution is 2.23. The van der Waals surface area contributed by atoms with E-state index in [4.69, 9.17) is 0 Å². The van der Waals surface area contributed by atoms with Crippen LogP contribution in [0.5, 0.6) is 0 Å². The molecule has 31 heavy (non-hydrogen) atoms. The van der Waals surface area contributed by atoms with Crippen LogP contribution in [0, 0.1) is 5.82 Å². The molecule has 0 aliphatic heterocycles. The molecule has 5 nitrogen and oxygen atoms in total. The van der Waals surface area contributed by atoms with Gasteiger partial charge < -0.3 is 0 Å². The normalized spacial score (nSPS) is 13.0. The average molecular weight is 459 g/mol. The fourth-order valence-electron chi connectivity index (χ4n) is 2.75. The summed E-state index contributed by atoms with van der Waals surface area (Å²) in [6.07, 6.45) is 5.07. The van der Waals surface area contributed by atoms with Gasteiger partial charge in [-0.15, -0.1) is 0 Å². The molecule has 0 radical (unpaired) electrons. The van der Waals surface area contributed by atoms with Crippen LogP contribution in [0.15, 0.2) is 76.8 Å². The molecular weight excluding hydrogens is 435 g/mol. The van der Waals surface area contributed by atoms with Crippen molar-refractivity contribution >= 4 is 33.0 Å². The second-order valence-electron chi connectivity index (χ2n) is 7.09. The van der Waals surface area contributed by atoms with Crippen molar-refractivity contribution in [1.82, 2.24) is 9.71 Å². The number of hydrogen-bond acceptors (Lipinski definition) is 4. The van der Waals surface area contributed by atoms with E-state index in [-0.39, 0.29) is 27.5 Å². The molecule has 0 saturated carbocycles.